The lowest BCUT2D eigenvalue weighted by Gasteiger charge is -2.35. The molecular formula is C22H22ClN5O. The summed E-state index contributed by atoms with van der Waals surface area (Å²) < 4.78 is 0. The maximum atomic E-state index is 12.6. The number of aromatic nitrogens is 3. The van der Waals surface area contributed by atoms with Gasteiger partial charge in [0.2, 0.25) is 0 Å². The lowest BCUT2D eigenvalue weighted by molar-refractivity contribution is 0.0746. The van der Waals surface area contributed by atoms with E-state index in [2.05, 4.69) is 51.3 Å². The SMILES string of the molecule is CCc1ccc(-c2ccc(N3CCN(C(=O)c4ccc(Cl)nc4)CC3)nn2)cc1. The van der Waals surface area contributed by atoms with Crippen molar-refractivity contribution in [2.24, 2.45) is 0 Å². The maximum absolute atomic E-state index is 12.6. The van der Waals surface area contributed by atoms with Crippen molar-refractivity contribution in [1.29, 1.82) is 0 Å². The molecule has 3 aromatic rings. The van der Waals surface area contributed by atoms with Gasteiger partial charge >= 0.3 is 0 Å². The lowest BCUT2D eigenvalue weighted by atomic mass is 10.1. The molecule has 6 nitrogen and oxygen atoms in total. The molecule has 1 saturated heterocycles. The normalized spacial score (nSPS) is 14.1. The molecule has 0 N–H and O–H groups in total. The minimum absolute atomic E-state index is 0.0224. The Hall–Kier alpha value is -2.99. The molecule has 0 spiro atoms. The van der Waals surface area contributed by atoms with E-state index in [1.807, 2.05) is 17.0 Å². The van der Waals surface area contributed by atoms with E-state index in [9.17, 15) is 4.79 Å². The average Bonchev–Trinajstić information content (AvgIpc) is 2.79. The summed E-state index contributed by atoms with van der Waals surface area (Å²) >= 11 is 5.80. The van der Waals surface area contributed by atoms with Gasteiger partial charge in [-0.15, -0.1) is 10.2 Å². The predicted octanol–water partition coefficient (Wildman–Crippen LogP) is 3.72. The Balaban J connectivity index is 1.38. The van der Waals surface area contributed by atoms with Gasteiger partial charge in [0.05, 0.1) is 11.3 Å². The Labute approximate surface area is 175 Å². The van der Waals surface area contributed by atoms with Crippen LogP contribution in [0.15, 0.2) is 54.7 Å². The molecule has 4 rings (SSSR count). The lowest BCUT2D eigenvalue weighted by Crippen LogP contribution is -2.49. The molecule has 2 aromatic heterocycles. The second-order valence-corrected chi connectivity index (χ2v) is 7.36. The number of halogens is 1. The third kappa shape index (κ3) is 4.38. The predicted molar refractivity (Wildman–Crippen MR) is 114 cm³/mol. The molecule has 3 heterocycles. The molecule has 0 atom stereocenters. The van der Waals surface area contributed by atoms with Crippen molar-refractivity contribution < 1.29 is 4.79 Å². The molecule has 1 aliphatic heterocycles. The van der Waals surface area contributed by atoms with E-state index >= 15 is 0 Å². The number of anilines is 1. The van der Waals surface area contributed by atoms with Gasteiger partial charge in [0.25, 0.3) is 5.91 Å². The van der Waals surface area contributed by atoms with E-state index in [0.29, 0.717) is 36.9 Å². The topological polar surface area (TPSA) is 62.2 Å². The van der Waals surface area contributed by atoms with Crippen LogP contribution in [0.2, 0.25) is 5.15 Å². The first-order valence-corrected chi connectivity index (χ1v) is 10.1. The van der Waals surface area contributed by atoms with Gasteiger partial charge in [-0.2, -0.15) is 0 Å². The second-order valence-electron chi connectivity index (χ2n) is 6.98. The highest BCUT2D eigenvalue weighted by atomic mass is 35.5. The summed E-state index contributed by atoms with van der Waals surface area (Å²) in [7, 11) is 0. The molecule has 0 unspecified atom stereocenters. The van der Waals surface area contributed by atoms with Crippen molar-refractivity contribution >= 4 is 23.3 Å². The Kier molecular flexibility index (Phi) is 5.71. The van der Waals surface area contributed by atoms with Crippen molar-refractivity contribution in [1.82, 2.24) is 20.1 Å². The van der Waals surface area contributed by atoms with Gasteiger partial charge in [-0.1, -0.05) is 42.8 Å². The number of aryl methyl sites for hydroxylation is 1. The van der Waals surface area contributed by atoms with Crippen LogP contribution in [-0.4, -0.2) is 52.2 Å². The van der Waals surface area contributed by atoms with Crippen LogP contribution in [0.1, 0.15) is 22.8 Å². The number of piperazine rings is 1. The van der Waals surface area contributed by atoms with E-state index in [1.165, 1.54) is 11.8 Å². The third-order valence-electron chi connectivity index (χ3n) is 5.17. The molecule has 1 aromatic carbocycles. The molecule has 0 bridgehead atoms. The van der Waals surface area contributed by atoms with E-state index in [1.54, 1.807) is 12.1 Å². The van der Waals surface area contributed by atoms with Crippen LogP contribution in [0.3, 0.4) is 0 Å². The standard InChI is InChI=1S/C22H22ClN5O/c1-2-16-3-5-17(6-4-16)19-8-10-21(26-25-19)27-11-13-28(14-12-27)22(29)18-7-9-20(23)24-15-18/h3-10,15H,2,11-14H2,1H3. The van der Waals surface area contributed by atoms with Gasteiger partial charge in [0.1, 0.15) is 5.15 Å². The minimum atomic E-state index is -0.0224. The molecule has 7 heteroatoms. The summed E-state index contributed by atoms with van der Waals surface area (Å²) in [5, 5.41) is 9.19. The van der Waals surface area contributed by atoms with Crippen LogP contribution in [-0.2, 0) is 6.42 Å². The summed E-state index contributed by atoms with van der Waals surface area (Å²) in [6, 6.07) is 15.8. The summed E-state index contributed by atoms with van der Waals surface area (Å²) in [4.78, 5) is 20.6. The highest BCUT2D eigenvalue weighted by Crippen LogP contribution is 2.20. The van der Waals surface area contributed by atoms with Crippen LogP contribution in [0.5, 0.6) is 0 Å². The van der Waals surface area contributed by atoms with Gasteiger partial charge in [-0.05, 0) is 36.2 Å². The molecule has 29 heavy (non-hydrogen) atoms. The average molecular weight is 408 g/mol. The first kappa shape index (κ1) is 19.3. The number of pyridine rings is 1. The van der Waals surface area contributed by atoms with Crippen LogP contribution in [0.4, 0.5) is 5.82 Å². The van der Waals surface area contributed by atoms with Gasteiger partial charge in [-0.3, -0.25) is 4.79 Å². The van der Waals surface area contributed by atoms with Crippen molar-refractivity contribution in [3.05, 3.63) is 71.0 Å². The van der Waals surface area contributed by atoms with Gasteiger partial charge < -0.3 is 9.80 Å². The smallest absolute Gasteiger partial charge is 0.255 e. The Morgan fingerprint density at radius 3 is 2.31 bits per heavy atom. The number of hydrogen-bond donors (Lipinski definition) is 0. The maximum Gasteiger partial charge on any atom is 0.255 e. The molecule has 1 aliphatic rings. The van der Waals surface area contributed by atoms with Gasteiger partial charge in [-0.25, -0.2) is 4.98 Å². The first-order valence-electron chi connectivity index (χ1n) is 9.73. The van der Waals surface area contributed by atoms with Crippen molar-refractivity contribution in [3.8, 4) is 11.3 Å². The molecule has 1 amide bonds. The zero-order chi connectivity index (χ0) is 20.2. The third-order valence-corrected chi connectivity index (χ3v) is 5.40. The highest BCUT2D eigenvalue weighted by Gasteiger charge is 2.23. The Morgan fingerprint density at radius 1 is 0.966 bits per heavy atom. The fourth-order valence-corrected chi connectivity index (χ4v) is 3.49. The van der Waals surface area contributed by atoms with E-state index in [-0.39, 0.29) is 5.91 Å². The van der Waals surface area contributed by atoms with E-state index in [0.717, 1.165) is 23.5 Å². The highest BCUT2D eigenvalue weighted by molar-refractivity contribution is 6.29. The Bertz CT molecular complexity index is 966. The number of rotatable bonds is 4. The molecular weight excluding hydrogens is 386 g/mol. The van der Waals surface area contributed by atoms with Gasteiger partial charge in [0, 0.05) is 37.9 Å². The fraction of sp³-hybridized carbons (Fsp3) is 0.273. The molecule has 148 valence electrons. The number of benzene rings is 1. The number of carbonyl (C=O) groups is 1. The van der Waals surface area contributed by atoms with Gasteiger partial charge in [0.15, 0.2) is 5.82 Å². The number of hydrogen-bond acceptors (Lipinski definition) is 5. The quantitative estimate of drug-likeness (QED) is 0.617. The van der Waals surface area contributed by atoms with Crippen LogP contribution < -0.4 is 4.90 Å². The first-order chi connectivity index (χ1) is 14.1. The fourth-order valence-electron chi connectivity index (χ4n) is 3.38. The largest absolute Gasteiger partial charge is 0.352 e. The Morgan fingerprint density at radius 2 is 1.72 bits per heavy atom. The summed E-state index contributed by atoms with van der Waals surface area (Å²) in [6.45, 7) is 4.83. The van der Waals surface area contributed by atoms with Crippen molar-refractivity contribution in [2.45, 2.75) is 13.3 Å². The van der Waals surface area contributed by atoms with Crippen LogP contribution in [0.25, 0.3) is 11.3 Å². The summed E-state index contributed by atoms with van der Waals surface area (Å²) in [5.41, 5.74) is 3.79. The number of amides is 1. The van der Waals surface area contributed by atoms with Crippen LogP contribution in [0, 0.1) is 0 Å². The van der Waals surface area contributed by atoms with E-state index < -0.39 is 0 Å². The number of carbonyl (C=O) groups excluding carboxylic acids is 1. The summed E-state index contributed by atoms with van der Waals surface area (Å²) in [6.07, 6.45) is 2.54. The monoisotopic (exact) mass is 407 g/mol. The molecule has 0 radical (unpaired) electrons. The van der Waals surface area contributed by atoms with Crippen molar-refractivity contribution in [3.63, 3.8) is 0 Å². The molecule has 0 aliphatic carbocycles. The minimum Gasteiger partial charge on any atom is -0.352 e. The van der Waals surface area contributed by atoms with Crippen LogP contribution >= 0.6 is 11.6 Å². The number of nitrogens with zero attached hydrogens (tertiary/aromatic N) is 5. The zero-order valence-electron chi connectivity index (χ0n) is 16.3. The molecule has 1 fully saturated rings. The van der Waals surface area contributed by atoms with E-state index in [4.69, 9.17) is 11.6 Å². The summed E-state index contributed by atoms with van der Waals surface area (Å²) in [5.74, 6) is 0.810. The molecule has 0 saturated carbocycles. The zero-order valence-corrected chi connectivity index (χ0v) is 17.0. The van der Waals surface area contributed by atoms with Crippen molar-refractivity contribution in [2.75, 3.05) is 31.1 Å². The second kappa shape index (κ2) is 8.57.